The fourth-order valence-corrected chi connectivity index (χ4v) is 2.34. The number of nitrogens with zero attached hydrogens (tertiary/aromatic N) is 2. The van der Waals surface area contributed by atoms with Gasteiger partial charge in [0.05, 0.1) is 5.56 Å². The van der Waals surface area contributed by atoms with E-state index < -0.39 is 11.8 Å². The minimum atomic E-state index is -1.25. The van der Waals surface area contributed by atoms with Crippen LogP contribution in [-0.2, 0) is 12.8 Å². The average Bonchev–Trinajstić information content (AvgIpc) is 2.72. The van der Waals surface area contributed by atoms with Gasteiger partial charge in [-0.25, -0.2) is 14.2 Å². The van der Waals surface area contributed by atoms with Gasteiger partial charge in [0, 0.05) is 25.2 Å². The van der Waals surface area contributed by atoms with Crippen LogP contribution in [0.1, 0.15) is 15.9 Å². The zero-order valence-corrected chi connectivity index (χ0v) is 10.4. The van der Waals surface area contributed by atoms with E-state index in [0.29, 0.717) is 5.75 Å². The van der Waals surface area contributed by atoms with E-state index in [1.165, 1.54) is 23.9 Å². The molecule has 0 radical (unpaired) electrons. The molecular weight excluding hydrogens is 255 g/mol. The topological polar surface area (TPSA) is 55.1 Å². The van der Waals surface area contributed by atoms with Crippen LogP contribution in [-0.4, -0.2) is 20.6 Å². The van der Waals surface area contributed by atoms with Crippen LogP contribution in [0, 0.1) is 5.82 Å². The molecule has 2 rings (SSSR count). The van der Waals surface area contributed by atoms with Crippen molar-refractivity contribution in [1.29, 1.82) is 0 Å². The van der Waals surface area contributed by atoms with Crippen molar-refractivity contribution in [3.63, 3.8) is 0 Å². The molecule has 1 aromatic heterocycles. The summed E-state index contributed by atoms with van der Waals surface area (Å²) in [4.78, 5) is 14.8. The van der Waals surface area contributed by atoms with Gasteiger partial charge in [-0.15, -0.1) is 0 Å². The molecule has 0 amide bonds. The molecule has 0 bridgehead atoms. The van der Waals surface area contributed by atoms with E-state index >= 15 is 0 Å². The predicted octanol–water partition coefficient (Wildman–Crippen LogP) is 2.55. The molecule has 0 aliphatic rings. The van der Waals surface area contributed by atoms with Crippen molar-refractivity contribution >= 4 is 17.7 Å². The molecule has 4 nitrogen and oxygen atoms in total. The van der Waals surface area contributed by atoms with Crippen molar-refractivity contribution in [3.8, 4) is 0 Å². The van der Waals surface area contributed by atoms with Crippen LogP contribution < -0.4 is 0 Å². The van der Waals surface area contributed by atoms with Crippen LogP contribution in [0.15, 0.2) is 35.7 Å². The minimum Gasteiger partial charge on any atom is -0.478 e. The van der Waals surface area contributed by atoms with Gasteiger partial charge in [-0.2, -0.15) is 0 Å². The zero-order chi connectivity index (χ0) is 13.1. The lowest BCUT2D eigenvalue weighted by Crippen LogP contribution is -2.01. The Kier molecular flexibility index (Phi) is 3.66. The highest BCUT2D eigenvalue weighted by atomic mass is 32.2. The Labute approximate surface area is 107 Å². The molecule has 2 aromatic rings. The second-order valence-electron chi connectivity index (χ2n) is 3.73. The van der Waals surface area contributed by atoms with Crippen LogP contribution in [0.3, 0.4) is 0 Å². The first-order valence-electron chi connectivity index (χ1n) is 5.20. The van der Waals surface area contributed by atoms with E-state index in [0.717, 1.165) is 10.7 Å². The summed E-state index contributed by atoms with van der Waals surface area (Å²) in [5.41, 5.74) is 0.422. The molecule has 1 heterocycles. The van der Waals surface area contributed by atoms with Crippen LogP contribution in [0.25, 0.3) is 0 Å². The third-order valence-corrected chi connectivity index (χ3v) is 3.54. The van der Waals surface area contributed by atoms with Gasteiger partial charge in [-0.05, 0) is 17.7 Å². The van der Waals surface area contributed by atoms with Gasteiger partial charge in [0.1, 0.15) is 5.82 Å². The summed E-state index contributed by atoms with van der Waals surface area (Å²) >= 11 is 1.47. The number of hydrogen-bond acceptors (Lipinski definition) is 3. The zero-order valence-electron chi connectivity index (χ0n) is 9.63. The minimum absolute atomic E-state index is 0.305. The molecular formula is C12H11FN2O2S. The molecule has 0 fully saturated rings. The van der Waals surface area contributed by atoms with Gasteiger partial charge in [0.2, 0.25) is 0 Å². The van der Waals surface area contributed by atoms with E-state index in [9.17, 15) is 9.18 Å². The Morgan fingerprint density at radius 2 is 2.33 bits per heavy atom. The molecule has 0 aliphatic carbocycles. The first-order valence-corrected chi connectivity index (χ1v) is 6.18. The summed E-state index contributed by atoms with van der Waals surface area (Å²) in [5, 5.41) is 9.55. The van der Waals surface area contributed by atoms with Gasteiger partial charge in [0.25, 0.3) is 0 Å². The maximum absolute atomic E-state index is 13.4. The number of hydrogen-bond donors (Lipinski definition) is 1. The van der Waals surface area contributed by atoms with E-state index in [2.05, 4.69) is 4.98 Å². The van der Waals surface area contributed by atoms with Gasteiger partial charge < -0.3 is 9.67 Å². The average molecular weight is 266 g/mol. The molecule has 94 valence electrons. The monoisotopic (exact) mass is 266 g/mol. The number of carboxylic acids is 1. The maximum Gasteiger partial charge on any atom is 0.338 e. The number of aryl methyl sites for hydroxylation is 1. The first-order chi connectivity index (χ1) is 8.58. The fraction of sp³-hybridized carbons (Fsp3) is 0.167. The van der Waals surface area contributed by atoms with Crippen molar-refractivity contribution in [3.05, 3.63) is 47.5 Å². The van der Waals surface area contributed by atoms with Crippen LogP contribution >= 0.6 is 11.8 Å². The highest BCUT2D eigenvalue weighted by Gasteiger charge is 2.10. The number of thioether (sulfide) groups is 1. The first kappa shape index (κ1) is 12.6. The van der Waals surface area contributed by atoms with E-state index in [-0.39, 0.29) is 5.56 Å². The molecule has 0 saturated carbocycles. The van der Waals surface area contributed by atoms with Crippen LogP contribution in [0.4, 0.5) is 4.39 Å². The Morgan fingerprint density at radius 3 is 2.89 bits per heavy atom. The van der Waals surface area contributed by atoms with Gasteiger partial charge in [-0.1, -0.05) is 17.8 Å². The number of halogens is 1. The number of carboxylic acid groups (broad SMARTS) is 1. The number of carbonyl (C=O) groups is 1. The largest absolute Gasteiger partial charge is 0.478 e. The third-order valence-electron chi connectivity index (χ3n) is 2.41. The lowest BCUT2D eigenvalue weighted by atomic mass is 10.1. The Bertz CT molecular complexity index is 583. The van der Waals surface area contributed by atoms with E-state index in [1.807, 2.05) is 17.8 Å². The highest BCUT2D eigenvalue weighted by Crippen LogP contribution is 2.21. The second-order valence-corrected chi connectivity index (χ2v) is 4.67. The van der Waals surface area contributed by atoms with Crippen LogP contribution in [0.5, 0.6) is 0 Å². The summed E-state index contributed by atoms with van der Waals surface area (Å²) in [7, 11) is 1.88. The predicted molar refractivity (Wildman–Crippen MR) is 66.1 cm³/mol. The van der Waals surface area contributed by atoms with Crippen molar-refractivity contribution in [2.45, 2.75) is 10.9 Å². The quantitative estimate of drug-likeness (QED) is 0.864. The molecule has 0 saturated heterocycles. The van der Waals surface area contributed by atoms with Crippen molar-refractivity contribution in [2.24, 2.45) is 7.05 Å². The Hall–Kier alpha value is -1.82. The fourth-order valence-electron chi connectivity index (χ4n) is 1.46. The van der Waals surface area contributed by atoms with Crippen LogP contribution in [0.2, 0.25) is 0 Å². The summed E-state index contributed by atoms with van der Waals surface area (Å²) in [6.45, 7) is 0. The number of benzene rings is 1. The van der Waals surface area contributed by atoms with Crippen molar-refractivity contribution in [1.82, 2.24) is 9.55 Å². The summed E-state index contributed by atoms with van der Waals surface area (Å²) in [5.74, 6) is -1.42. The number of imidazole rings is 1. The normalized spacial score (nSPS) is 10.6. The number of rotatable bonds is 4. The SMILES string of the molecule is Cn1ccnc1SCc1ccc(C(=O)O)c(F)c1. The molecule has 18 heavy (non-hydrogen) atoms. The lowest BCUT2D eigenvalue weighted by Gasteiger charge is -2.03. The Balaban J connectivity index is 2.09. The van der Waals surface area contributed by atoms with E-state index in [1.54, 1.807) is 12.3 Å². The lowest BCUT2D eigenvalue weighted by molar-refractivity contribution is 0.0692. The summed E-state index contributed by atoms with van der Waals surface area (Å²) in [6, 6.07) is 4.15. The molecule has 1 N–H and O–H groups in total. The molecule has 0 unspecified atom stereocenters. The van der Waals surface area contributed by atoms with Gasteiger partial charge in [-0.3, -0.25) is 0 Å². The molecule has 6 heteroatoms. The third kappa shape index (κ3) is 2.70. The maximum atomic E-state index is 13.4. The summed E-state index contributed by atoms with van der Waals surface area (Å²) in [6.07, 6.45) is 3.52. The highest BCUT2D eigenvalue weighted by molar-refractivity contribution is 7.98. The second kappa shape index (κ2) is 5.22. The standard InChI is InChI=1S/C12H11FN2O2S/c1-15-5-4-14-12(15)18-7-8-2-3-9(11(16)17)10(13)6-8/h2-6H,7H2,1H3,(H,16,17). The van der Waals surface area contributed by atoms with E-state index in [4.69, 9.17) is 5.11 Å². The van der Waals surface area contributed by atoms with Gasteiger partial charge >= 0.3 is 5.97 Å². The molecule has 0 atom stereocenters. The smallest absolute Gasteiger partial charge is 0.338 e. The number of aromatic carboxylic acids is 1. The van der Waals surface area contributed by atoms with Crippen molar-refractivity contribution in [2.75, 3.05) is 0 Å². The molecule has 0 aliphatic heterocycles. The van der Waals surface area contributed by atoms with Crippen molar-refractivity contribution < 1.29 is 14.3 Å². The Morgan fingerprint density at radius 1 is 1.56 bits per heavy atom. The molecule has 1 aromatic carbocycles. The van der Waals surface area contributed by atoms with Gasteiger partial charge in [0.15, 0.2) is 5.16 Å². The molecule has 0 spiro atoms. The number of aromatic nitrogens is 2. The summed E-state index contributed by atoms with van der Waals surface area (Å²) < 4.78 is 15.3.